The lowest BCUT2D eigenvalue weighted by Gasteiger charge is -2.14. The molecule has 2 heterocycles. The van der Waals surface area contributed by atoms with Gasteiger partial charge in [-0.2, -0.15) is 0 Å². The molecule has 1 fully saturated rings. The summed E-state index contributed by atoms with van der Waals surface area (Å²) in [5.41, 5.74) is 0.668. The van der Waals surface area contributed by atoms with Crippen molar-refractivity contribution in [2.75, 3.05) is 6.54 Å². The van der Waals surface area contributed by atoms with Crippen LogP contribution in [0.2, 0.25) is 5.02 Å². The second-order valence-electron chi connectivity index (χ2n) is 5.90. The molecule has 2 aromatic rings. The molecule has 0 saturated carbocycles. The maximum absolute atomic E-state index is 12.4. The number of hydrogen-bond acceptors (Lipinski definition) is 4. The van der Waals surface area contributed by atoms with Crippen molar-refractivity contribution in [1.29, 1.82) is 0 Å². The number of carbonyl (C=O) groups is 3. The van der Waals surface area contributed by atoms with Crippen molar-refractivity contribution in [3.05, 3.63) is 59.0 Å². The van der Waals surface area contributed by atoms with Crippen LogP contribution in [0, 0.1) is 0 Å². The summed E-state index contributed by atoms with van der Waals surface area (Å²) in [6.45, 7) is 0.464. The molecule has 0 bridgehead atoms. The van der Waals surface area contributed by atoms with Crippen LogP contribution in [-0.2, 0) is 22.6 Å². The minimum absolute atomic E-state index is 0.0704. The van der Waals surface area contributed by atoms with Gasteiger partial charge in [0.05, 0.1) is 19.2 Å². The van der Waals surface area contributed by atoms with Crippen molar-refractivity contribution in [2.45, 2.75) is 25.4 Å². The molecule has 1 atom stereocenters. The van der Waals surface area contributed by atoms with E-state index in [2.05, 4.69) is 10.6 Å². The molecule has 1 aliphatic heterocycles. The Morgan fingerprint density at radius 3 is 2.77 bits per heavy atom. The topological polar surface area (TPSA) is 91.7 Å². The fraction of sp³-hybridized carbons (Fsp3) is 0.278. The molecule has 1 aromatic carbocycles. The van der Waals surface area contributed by atoms with Crippen molar-refractivity contribution >= 4 is 29.4 Å². The van der Waals surface area contributed by atoms with E-state index in [1.54, 1.807) is 36.6 Å². The smallest absolute Gasteiger partial charge is 0.325 e. The van der Waals surface area contributed by atoms with Crippen molar-refractivity contribution in [2.24, 2.45) is 0 Å². The molecule has 7 nitrogen and oxygen atoms in total. The molecule has 1 saturated heterocycles. The molecule has 26 heavy (non-hydrogen) atoms. The number of imide groups is 1. The Morgan fingerprint density at radius 1 is 1.23 bits per heavy atom. The van der Waals surface area contributed by atoms with E-state index < -0.39 is 18.0 Å². The highest BCUT2D eigenvalue weighted by Crippen LogP contribution is 2.20. The van der Waals surface area contributed by atoms with Gasteiger partial charge in [-0.25, -0.2) is 4.79 Å². The van der Waals surface area contributed by atoms with Crippen LogP contribution in [0.15, 0.2) is 47.1 Å². The second-order valence-corrected chi connectivity index (χ2v) is 6.31. The summed E-state index contributed by atoms with van der Waals surface area (Å²) in [6, 6.07) is 9.20. The summed E-state index contributed by atoms with van der Waals surface area (Å²) < 4.78 is 5.18. The van der Waals surface area contributed by atoms with Gasteiger partial charge >= 0.3 is 6.03 Å². The van der Waals surface area contributed by atoms with Crippen LogP contribution in [-0.4, -0.2) is 35.3 Å². The third-order valence-corrected chi connectivity index (χ3v) is 4.43. The van der Waals surface area contributed by atoms with Gasteiger partial charge in [0.15, 0.2) is 0 Å². The van der Waals surface area contributed by atoms with E-state index >= 15 is 0 Å². The zero-order valence-electron chi connectivity index (χ0n) is 13.9. The van der Waals surface area contributed by atoms with E-state index in [0.717, 1.165) is 10.7 Å². The molecule has 1 aliphatic rings. The first-order valence-corrected chi connectivity index (χ1v) is 8.57. The maximum atomic E-state index is 12.4. The number of nitrogens with zero attached hydrogens (tertiary/aromatic N) is 1. The summed E-state index contributed by atoms with van der Waals surface area (Å²) in [7, 11) is 0. The normalized spacial score (nSPS) is 16.7. The lowest BCUT2D eigenvalue weighted by atomic mass is 10.1. The van der Waals surface area contributed by atoms with Gasteiger partial charge in [-0.15, -0.1) is 0 Å². The highest BCUT2D eigenvalue weighted by atomic mass is 35.5. The molecule has 136 valence electrons. The number of rotatable bonds is 7. The lowest BCUT2D eigenvalue weighted by molar-refractivity contribution is -0.131. The van der Waals surface area contributed by atoms with Crippen molar-refractivity contribution in [3.63, 3.8) is 0 Å². The third-order valence-electron chi connectivity index (χ3n) is 4.06. The van der Waals surface area contributed by atoms with Gasteiger partial charge in [-0.05, 0) is 23.8 Å². The number of hydrogen-bond donors (Lipinski definition) is 2. The molecular formula is C18H18ClN3O4. The predicted octanol–water partition coefficient (Wildman–Crippen LogP) is 2.10. The SMILES string of the molecule is O=C(C[C@@H]1NC(=O)N(Cc2ccccc2Cl)C1=O)NCCc1ccco1. The number of urea groups is 1. The Kier molecular flexibility index (Phi) is 5.58. The quantitative estimate of drug-likeness (QED) is 0.725. The number of halogens is 1. The lowest BCUT2D eigenvalue weighted by Crippen LogP contribution is -2.37. The largest absolute Gasteiger partial charge is 0.469 e. The zero-order valence-corrected chi connectivity index (χ0v) is 14.7. The van der Waals surface area contributed by atoms with E-state index in [-0.39, 0.29) is 18.9 Å². The molecule has 3 rings (SSSR count). The third kappa shape index (κ3) is 4.23. The molecule has 0 aliphatic carbocycles. The van der Waals surface area contributed by atoms with Gasteiger partial charge in [0.1, 0.15) is 11.8 Å². The minimum atomic E-state index is -0.867. The van der Waals surface area contributed by atoms with Crippen molar-refractivity contribution < 1.29 is 18.8 Å². The van der Waals surface area contributed by atoms with Gasteiger partial charge in [-0.3, -0.25) is 14.5 Å². The predicted molar refractivity (Wildman–Crippen MR) is 94.4 cm³/mol. The zero-order chi connectivity index (χ0) is 18.5. The van der Waals surface area contributed by atoms with Crippen LogP contribution < -0.4 is 10.6 Å². The Balaban J connectivity index is 1.51. The second kappa shape index (κ2) is 8.05. The average Bonchev–Trinajstić information content (AvgIpc) is 3.21. The number of carbonyl (C=O) groups excluding carboxylic acids is 3. The number of nitrogens with one attached hydrogen (secondary N) is 2. The summed E-state index contributed by atoms with van der Waals surface area (Å²) in [4.78, 5) is 37.6. The average molecular weight is 376 g/mol. The van der Waals surface area contributed by atoms with E-state index in [1.165, 1.54) is 0 Å². The van der Waals surface area contributed by atoms with Crippen molar-refractivity contribution in [1.82, 2.24) is 15.5 Å². The Bertz CT molecular complexity index is 807. The molecule has 0 spiro atoms. The van der Waals surface area contributed by atoms with Gasteiger partial charge < -0.3 is 15.1 Å². The highest BCUT2D eigenvalue weighted by molar-refractivity contribution is 6.31. The van der Waals surface area contributed by atoms with E-state index in [9.17, 15) is 14.4 Å². The Hall–Kier alpha value is -2.80. The molecule has 2 N–H and O–H groups in total. The summed E-state index contributed by atoms with van der Waals surface area (Å²) >= 11 is 6.08. The summed E-state index contributed by atoms with van der Waals surface area (Å²) in [5, 5.41) is 5.74. The fourth-order valence-electron chi connectivity index (χ4n) is 2.70. The molecular weight excluding hydrogens is 358 g/mol. The molecule has 8 heteroatoms. The molecule has 1 aromatic heterocycles. The summed E-state index contributed by atoms with van der Waals surface area (Å²) in [5.74, 6) is 0.0207. The van der Waals surface area contributed by atoms with Crippen LogP contribution in [0.3, 0.4) is 0 Å². The van der Waals surface area contributed by atoms with Crippen LogP contribution in [0.1, 0.15) is 17.7 Å². The van der Waals surface area contributed by atoms with Crippen LogP contribution in [0.25, 0.3) is 0 Å². The van der Waals surface area contributed by atoms with E-state index in [4.69, 9.17) is 16.0 Å². The monoisotopic (exact) mass is 375 g/mol. The summed E-state index contributed by atoms with van der Waals surface area (Å²) in [6.07, 6.45) is 2.02. The first kappa shape index (κ1) is 18.0. The molecule has 4 amide bonds. The minimum Gasteiger partial charge on any atom is -0.469 e. The fourth-order valence-corrected chi connectivity index (χ4v) is 2.89. The van der Waals surface area contributed by atoms with Gasteiger partial charge in [-0.1, -0.05) is 29.8 Å². The number of furan rings is 1. The van der Waals surface area contributed by atoms with Crippen LogP contribution in [0.4, 0.5) is 4.79 Å². The Labute approximate surface area is 155 Å². The van der Waals surface area contributed by atoms with Gasteiger partial charge in [0, 0.05) is 18.0 Å². The van der Waals surface area contributed by atoms with Crippen LogP contribution in [0.5, 0.6) is 0 Å². The first-order chi connectivity index (χ1) is 12.5. The van der Waals surface area contributed by atoms with E-state index in [1.807, 2.05) is 6.07 Å². The number of amides is 4. The first-order valence-electron chi connectivity index (χ1n) is 8.19. The highest BCUT2D eigenvalue weighted by Gasteiger charge is 2.39. The van der Waals surface area contributed by atoms with Crippen molar-refractivity contribution in [3.8, 4) is 0 Å². The van der Waals surface area contributed by atoms with Gasteiger partial charge in [0.25, 0.3) is 5.91 Å². The van der Waals surface area contributed by atoms with E-state index in [0.29, 0.717) is 23.6 Å². The van der Waals surface area contributed by atoms with Crippen LogP contribution >= 0.6 is 11.6 Å². The molecule has 0 radical (unpaired) electrons. The maximum Gasteiger partial charge on any atom is 0.325 e. The number of benzene rings is 1. The molecule has 0 unspecified atom stereocenters. The Morgan fingerprint density at radius 2 is 2.04 bits per heavy atom. The van der Waals surface area contributed by atoms with Gasteiger partial charge in [0.2, 0.25) is 5.91 Å². The standard InChI is InChI=1S/C18H18ClN3O4/c19-14-6-2-1-4-12(14)11-22-17(24)15(21-18(22)25)10-16(23)20-8-7-13-5-3-9-26-13/h1-6,9,15H,7-8,10-11H2,(H,20,23)(H,21,25)/t15-/m0/s1.